The van der Waals surface area contributed by atoms with Gasteiger partial charge in [0.15, 0.2) is 6.29 Å². The summed E-state index contributed by atoms with van der Waals surface area (Å²) < 4.78 is 16.5. The minimum Gasteiger partial charge on any atom is -0.373 e. The van der Waals surface area contributed by atoms with Gasteiger partial charge in [0, 0.05) is 26.1 Å². The molecule has 92 valence electrons. The predicted molar refractivity (Wildman–Crippen MR) is 61.3 cm³/mol. The lowest BCUT2D eigenvalue weighted by molar-refractivity contribution is -0.0512. The van der Waals surface area contributed by atoms with Gasteiger partial charge in [-0.25, -0.2) is 0 Å². The van der Waals surface area contributed by atoms with Gasteiger partial charge >= 0.3 is 0 Å². The molecular formula is C12H21NO3. The van der Waals surface area contributed by atoms with Crippen molar-refractivity contribution in [3.8, 4) is 0 Å². The highest BCUT2D eigenvalue weighted by Gasteiger charge is 2.24. The predicted octanol–water partition coefficient (Wildman–Crippen LogP) is 1.03. The van der Waals surface area contributed by atoms with Crippen molar-refractivity contribution in [2.75, 3.05) is 39.5 Å². The molecule has 2 aliphatic rings. The van der Waals surface area contributed by atoms with E-state index in [9.17, 15) is 0 Å². The lowest BCUT2D eigenvalue weighted by Gasteiger charge is -2.17. The Kier molecular flexibility index (Phi) is 4.78. The largest absolute Gasteiger partial charge is 0.373 e. The van der Waals surface area contributed by atoms with Gasteiger partial charge in [-0.05, 0) is 6.42 Å². The Bertz CT molecular complexity index is 216. The van der Waals surface area contributed by atoms with Crippen molar-refractivity contribution < 1.29 is 14.2 Å². The molecular weight excluding hydrogens is 206 g/mol. The fraction of sp³-hybridized carbons (Fsp3) is 0.833. The van der Waals surface area contributed by atoms with Crippen LogP contribution in [0.4, 0.5) is 0 Å². The lowest BCUT2D eigenvalue weighted by Crippen LogP contribution is -2.27. The molecule has 2 saturated heterocycles. The van der Waals surface area contributed by atoms with Gasteiger partial charge in [0.1, 0.15) is 0 Å². The smallest absolute Gasteiger partial charge is 0.159 e. The summed E-state index contributed by atoms with van der Waals surface area (Å²) >= 11 is 0. The third-order valence-electron chi connectivity index (χ3n) is 3.05. The van der Waals surface area contributed by atoms with E-state index in [4.69, 9.17) is 14.2 Å². The number of likely N-dealkylation sites (tertiary alicyclic amines) is 1. The summed E-state index contributed by atoms with van der Waals surface area (Å²) in [5.74, 6) is 0. The summed E-state index contributed by atoms with van der Waals surface area (Å²) in [6.07, 6.45) is 4.30. The van der Waals surface area contributed by atoms with Crippen LogP contribution in [0.25, 0.3) is 0 Å². The van der Waals surface area contributed by atoms with E-state index in [1.807, 2.05) is 6.08 Å². The van der Waals surface area contributed by atoms with Crippen molar-refractivity contribution in [2.24, 2.45) is 0 Å². The normalized spacial score (nSPS) is 27.6. The van der Waals surface area contributed by atoms with E-state index in [0.29, 0.717) is 12.7 Å². The maximum atomic E-state index is 5.63. The van der Waals surface area contributed by atoms with E-state index in [2.05, 4.69) is 11.5 Å². The van der Waals surface area contributed by atoms with Gasteiger partial charge in [0.05, 0.1) is 25.9 Å². The van der Waals surface area contributed by atoms with E-state index in [0.717, 1.165) is 45.7 Å². The van der Waals surface area contributed by atoms with Crippen LogP contribution >= 0.6 is 0 Å². The number of ether oxygens (including phenoxy) is 3. The first-order valence-electron chi connectivity index (χ1n) is 6.06. The maximum Gasteiger partial charge on any atom is 0.159 e. The molecule has 4 nitrogen and oxygen atoms in total. The summed E-state index contributed by atoms with van der Waals surface area (Å²) in [5.41, 5.74) is 0. The molecule has 0 radical (unpaired) electrons. The molecule has 2 rings (SSSR count). The molecule has 0 aliphatic carbocycles. The zero-order valence-electron chi connectivity index (χ0n) is 9.77. The van der Waals surface area contributed by atoms with E-state index in [-0.39, 0.29) is 6.29 Å². The molecule has 16 heavy (non-hydrogen) atoms. The van der Waals surface area contributed by atoms with Crippen LogP contribution in [0, 0.1) is 0 Å². The third kappa shape index (κ3) is 3.56. The number of hydrogen-bond donors (Lipinski definition) is 0. The van der Waals surface area contributed by atoms with Crippen LogP contribution in [-0.2, 0) is 14.2 Å². The Balaban J connectivity index is 1.58. The number of hydrogen-bond acceptors (Lipinski definition) is 4. The molecule has 0 amide bonds. The summed E-state index contributed by atoms with van der Waals surface area (Å²) in [5, 5.41) is 0. The van der Waals surface area contributed by atoms with Gasteiger partial charge < -0.3 is 19.1 Å². The molecule has 0 aromatic rings. The molecule has 0 N–H and O–H groups in total. The summed E-state index contributed by atoms with van der Waals surface area (Å²) in [6, 6.07) is 0. The van der Waals surface area contributed by atoms with Crippen molar-refractivity contribution in [1.29, 1.82) is 0 Å². The van der Waals surface area contributed by atoms with Gasteiger partial charge in [-0.3, -0.25) is 0 Å². The SMILES string of the molecule is C=CCO[C@@H]1CCN(CCC2OCCO2)C1. The highest BCUT2D eigenvalue weighted by molar-refractivity contribution is 4.78. The van der Waals surface area contributed by atoms with Gasteiger partial charge in [0.2, 0.25) is 0 Å². The van der Waals surface area contributed by atoms with E-state index < -0.39 is 0 Å². The standard InChI is InChI=1S/C12H21NO3/c1-2-7-14-11-3-5-13(10-11)6-4-12-15-8-9-16-12/h2,11-12H,1,3-10H2/t11-/m1/s1. The van der Waals surface area contributed by atoms with Crippen molar-refractivity contribution in [2.45, 2.75) is 25.2 Å². The summed E-state index contributed by atoms with van der Waals surface area (Å²) in [7, 11) is 0. The average molecular weight is 227 g/mol. The van der Waals surface area contributed by atoms with Gasteiger partial charge in [-0.15, -0.1) is 6.58 Å². The fourth-order valence-electron chi connectivity index (χ4n) is 2.20. The lowest BCUT2D eigenvalue weighted by atomic mass is 10.3. The molecule has 0 spiro atoms. The fourth-order valence-corrected chi connectivity index (χ4v) is 2.20. The van der Waals surface area contributed by atoms with E-state index in [1.165, 1.54) is 0 Å². The Morgan fingerprint density at radius 3 is 2.94 bits per heavy atom. The monoisotopic (exact) mass is 227 g/mol. The van der Waals surface area contributed by atoms with Crippen LogP contribution in [0.3, 0.4) is 0 Å². The van der Waals surface area contributed by atoms with Gasteiger partial charge in [-0.2, -0.15) is 0 Å². The second-order valence-corrected chi connectivity index (χ2v) is 4.29. The second-order valence-electron chi connectivity index (χ2n) is 4.29. The molecule has 0 aromatic heterocycles. The average Bonchev–Trinajstić information content (AvgIpc) is 2.95. The molecule has 0 unspecified atom stereocenters. The van der Waals surface area contributed by atoms with E-state index >= 15 is 0 Å². The van der Waals surface area contributed by atoms with Crippen molar-refractivity contribution in [3.05, 3.63) is 12.7 Å². The third-order valence-corrected chi connectivity index (χ3v) is 3.05. The highest BCUT2D eigenvalue weighted by atomic mass is 16.7. The topological polar surface area (TPSA) is 30.9 Å². The van der Waals surface area contributed by atoms with Crippen LogP contribution in [0.15, 0.2) is 12.7 Å². The van der Waals surface area contributed by atoms with Crippen LogP contribution in [-0.4, -0.2) is 56.7 Å². The molecule has 2 fully saturated rings. The molecule has 4 heteroatoms. The molecule has 0 saturated carbocycles. The first-order valence-corrected chi connectivity index (χ1v) is 6.06. The number of nitrogens with zero attached hydrogens (tertiary/aromatic N) is 1. The molecule has 0 aromatic carbocycles. The zero-order chi connectivity index (χ0) is 11.2. The summed E-state index contributed by atoms with van der Waals surface area (Å²) in [6.45, 7) is 9.00. The second kappa shape index (κ2) is 6.35. The minimum atomic E-state index is 0.0214. The first-order chi connectivity index (χ1) is 7.88. The first kappa shape index (κ1) is 12.0. The maximum absolute atomic E-state index is 5.63. The van der Waals surface area contributed by atoms with Crippen LogP contribution in [0.1, 0.15) is 12.8 Å². The molecule has 2 aliphatic heterocycles. The molecule has 0 bridgehead atoms. The summed E-state index contributed by atoms with van der Waals surface area (Å²) in [4.78, 5) is 2.42. The van der Waals surface area contributed by atoms with Crippen molar-refractivity contribution in [1.82, 2.24) is 4.90 Å². The van der Waals surface area contributed by atoms with Crippen LogP contribution < -0.4 is 0 Å². The quantitative estimate of drug-likeness (QED) is 0.634. The van der Waals surface area contributed by atoms with Gasteiger partial charge in [0.25, 0.3) is 0 Å². The molecule has 1 atom stereocenters. The Hall–Kier alpha value is -0.420. The van der Waals surface area contributed by atoms with Crippen molar-refractivity contribution in [3.63, 3.8) is 0 Å². The minimum absolute atomic E-state index is 0.0214. The Labute approximate surface area is 97.2 Å². The van der Waals surface area contributed by atoms with E-state index in [1.54, 1.807) is 0 Å². The molecule has 2 heterocycles. The van der Waals surface area contributed by atoms with Crippen LogP contribution in [0.5, 0.6) is 0 Å². The number of rotatable bonds is 6. The van der Waals surface area contributed by atoms with Gasteiger partial charge in [-0.1, -0.05) is 6.08 Å². The van der Waals surface area contributed by atoms with Crippen molar-refractivity contribution >= 4 is 0 Å². The van der Waals surface area contributed by atoms with Crippen LogP contribution in [0.2, 0.25) is 0 Å². The Morgan fingerprint density at radius 2 is 2.19 bits per heavy atom. The Morgan fingerprint density at radius 1 is 1.38 bits per heavy atom. The highest BCUT2D eigenvalue weighted by Crippen LogP contribution is 2.15. The zero-order valence-corrected chi connectivity index (χ0v) is 9.77.